The molecule has 2 aromatic carbocycles. The molecule has 1 unspecified atom stereocenters. The van der Waals surface area contributed by atoms with Crippen molar-refractivity contribution in [2.24, 2.45) is 0 Å². The summed E-state index contributed by atoms with van der Waals surface area (Å²) in [5.74, 6) is 0.428. The van der Waals surface area contributed by atoms with E-state index >= 15 is 0 Å². The minimum Gasteiger partial charge on any atom is -0.508 e. The highest BCUT2D eigenvalue weighted by Crippen LogP contribution is 2.28. The maximum Gasteiger partial charge on any atom is 0.122 e. The van der Waals surface area contributed by atoms with Crippen molar-refractivity contribution in [3.63, 3.8) is 0 Å². The van der Waals surface area contributed by atoms with E-state index in [1.165, 1.54) is 0 Å². The van der Waals surface area contributed by atoms with Crippen molar-refractivity contribution in [2.45, 2.75) is 39.7 Å². The first-order valence-corrected chi connectivity index (χ1v) is 11.1. The molecular formula is C26H33N3O2. The predicted octanol–water partition coefficient (Wildman–Crippen LogP) is 5.74. The fourth-order valence-corrected chi connectivity index (χ4v) is 3.74. The average Bonchev–Trinajstić information content (AvgIpc) is 2.76. The summed E-state index contributed by atoms with van der Waals surface area (Å²) in [7, 11) is 0. The number of hydrogen-bond acceptors (Lipinski definition) is 5. The topological polar surface area (TPSA) is 68.6 Å². The summed E-state index contributed by atoms with van der Waals surface area (Å²) in [6.07, 6.45) is 5.94. The maximum atomic E-state index is 10.0. The first kappa shape index (κ1) is 22.6. The number of rotatable bonds is 10. The second-order valence-electron chi connectivity index (χ2n) is 7.90. The molecule has 0 fully saturated rings. The Hall–Kier alpha value is -3.05. The Kier molecular flexibility index (Phi) is 7.90. The molecule has 0 aliphatic carbocycles. The molecule has 0 aliphatic heterocycles. The largest absolute Gasteiger partial charge is 0.508 e. The van der Waals surface area contributed by atoms with E-state index in [1.807, 2.05) is 36.4 Å². The number of para-hydroxylation sites is 1. The first-order chi connectivity index (χ1) is 15.0. The van der Waals surface area contributed by atoms with E-state index in [-0.39, 0.29) is 11.5 Å². The zero-order chi connectivity index (χ0) is 22.2. The van der Waals surface area contributed by atoms with Gasteiger partial charge in [0.2, 0.25) is 0 Å². The van der Waals surface area contributed by atoms with Crippen LogP contribution in [0.15, 0.2) is 48.5 Å². The van der Waals surface area contributed by atoms with Crippen molar-refractivity contribution in [3.05, 3.63) is 59.8 Å². The molecule has 1 atom stereocenters. The molecule has 0 saturated heterocycles. The van der Waals surface area contributed by atoms with E-state index in [0.717, 1.165) is 60.3 Å². The fraction of sp³-hybridized carbons (Fsp3) is 0.346. The molecule has 3 N–H and O–H groups in total. The van der Waals surface area contributed by atoms with Gasteiger partial charge < -0.3 is 20.4 Å². The molecule has 0 aliphatic rings. The lowest BCUT2D eigenvalue weighted by atomic mass is 10.1. The highest BCUT2D eigenvalue weighted by Gasteiger charge is 2.10. The minimum absolute atomic E-state index is 0.194. The first-order valence-electron chi connectivity index (χ1n) is 11.1. The molecular weight excluding hydrogens is 386 g/mol. The van der Waals surface area contributed by atoms with Crippen LogP contribution in [0.3, 0.4) is 0 Å². The summed E-state index contributed by atoms with van der Waals surface area (Å²) in [5, 5.41) is 24.6. The number of phenolic OH excluding ortho intramolecular Hbond substituents is 2. The lowest BCUT2D eigenvalue weighted by Crippen LogP contribution is -2.25. The summed E-state index contributed by atoms with van der Waals surface area (Å²) in [4.78, 5) is 7.12. The third-order valence-corrected chi connectivity index (χ3v) is 5.59. The van der Waals surface area contributed by atoms with E-state index in [1.54, 1.807) is 24.3 Å². The maximum absolute atomic E-state index is 10.0. The van der Waals surface area contributed by atoms with Crippen LogP contribution in [0.1, 0.15) is 44.9 Å². The quantitative estimate of drug-likeness (QED) is 0.391. The molecule has 3 aromatic rings. The van der Waals surface area contributed by atoms with Gasteiger partial charge >= 0.3 is 0 Å². The highest BCUT2D eigenvalue weighted by atomic mass is 16.3. The minimum atomic E-state index is 0.194. The molecule has 1 aromatic heterocycles. The van der Waals surface area contributed by atoms with Gasteiger partial charge in [-0.1, -0.05) is 32.0 Å². The molecule has 1 heterocycles. The molecule has 164 valence electrons. The van der Waals surface area contributed by atoms with Crippen molar-refractivity contribution in [2.75, 3.05) is 25.0 Å². The normalized spacial score (nSPS) is 12.6. The van der Waals surface area contributed by atoms with Gasteiger partial charge in [-0.05, 0) is 75.8 Å². The van der Waals surface area contributed by atoms with Crippen molar-refractivity contribution in [3.8, 4) is 11.5 Å². The fourth-order valence-electron chi connectivity index (χ4n) is 3.74. The zero-order valence-corrected chi connectivity index (χ0v) is 18.7. The molecule has 0 spiro atoms. The van der Waals surface area contributed by atoms with Gasteiger partial charge in [0.15, 0.2) is 0 Å². The summed E-state index contributed by atoms with van der Waals surface area (Å²) in [6.45, 7) is 9.89. The molecule has 0 saturated carbocycles. The summed E-state index contributed by atoms with van der Waals surface area (Å²) < 4.78 is 0. The van der Waals surface area contributed by atoms with Gasteiger partial charge in [-0.3, -0.25) is 0 Å². The molecule has 31 heavy (non-hydrogen) atoms. The number of aromatic nitrogens is 1. The van der Waals surface area contributed by atoms with Gasteiger partial charge in [0.05, 0.1) is 11.2 Å². The third kappa shape index (κ3) is 6.22. The number of pyridine rings is 1. The van der Waals surface area contributed by atoms with Crippen molar-refractivity contribution >= 4 is 28.7 Å². The van der Waals surface area contributed by atoms with Crippen LogP contribution in [0.25, 0.3) is 23.1 Å². The molecule has 3 rings (SSSR count). The Morgan fingerprint density at radius 2 is 1.81 bits per heavy atom. The van der Waals surface area contributed by atoms with Crippen molar-refractivity contribution < 1.29 is 10.2 Å². The van der Waals surface area contributed by atoms with Crippen LogP contribution in [0.4, 0.5) is 5.69 Å². The lowest BCUT2D eigenvalue weighted by Gasteiger charge is -2.21. The van der Waals surface area contributed by atoms with Crippen LogP contribution in [-0.4, -0.2) is 45.8 Å². The summed E-state index contributed by atoms with van der Waals surface area (Å²) >= 11 is 0. The standard InChI is InChI=1S/C26H33N3O2/c1-4-29(5-2)16-8-9-19(3)27-24-17-21(13-12-20-10-6-7-11-26(20)31)28-25-18-22(30)14-15-23(24)25/h6-7,10-15,17-19,30-31H,4-5,8-9,16H2,1-3H3,(H,27,28)/b13-12+. The van der Waals surface area contributed by atoms with Crippen LogP contribution in [0.5, 0.6) is 11.5 Å². The smallest absolute Gasteiger partial charge is 0.122 e. The zero-order valence-electron chi connectivity index (χ0n) is 18.7. The SMILES string of the molecule is CCN(CC)CCCC(C)Nc1cc(/C=C/c2ccccc2O)nc2cc(O)ccc12. The van der Waals surface area contributed by atoms with E-state index < -0.39 is 0 Å². The van der Waals surface area contributed by atoms with Crippen LogP contribution < -0.4 is 5.32 Å². The second-order valence-corrected chi connectivity index (χ2v) is 7.90. The van der Waals surface area contributed by atoms with Gasteiger partial charge in [0.1, 0.15) is 11.5 Å². The number of hydrogen-bond donors (Lipinski definition) is 3. The van der Waals surface area contributed by atoms with Crippen LogP contribution in [0.2, 0.25) is 0 Å². The molecule has 5 heteroatoms. The van der Waals surface area contributed by atoms with Crippen molar-refractivity contribution in [1.29, 1.82) is 0 Å². The average molecular weight is 420 g/mol. The highest BCUT2D eigenvalue weighted by molar-refractivity contribution is 5.93. The van der Waals surface area contributed by atoms with Gasteiger partial charge in [0.25, 0.3) is 0 Å². The molecule has 0 amide bonds. The Balaban J connectivity index is 1.81. The van der Waals surface area contributed by atoms with Gasteiger partial charge in [0, 0.05) is 28.7 Å². The van der Waals surface area contributed by atoms with E-state index in [0.29, 0.717) is 6.04 Å². The van der Waals surface area contributed by atoms with Crippen LogP contribution in [0, 0.1) is 0 Å². The van der Waals surface area contributed by atoms with Gasteiger partial charge in [-0.2, -0.15) is 0 Å². The van der Waals surface area contributed by atoms with E-state index in [4.69, 9.17) is 0 Å². The van der Waals surface area contributed by atoms with Gasteiger partial charge in [-0.25, -0.2) is 4.98 Å². The Labute approximate surface area is 185 Å². The van der Waals surface area contributed by atoms with Gasteiger partial charge in [-0.15, -0.1) is 0 Å². The predicted molar refractivity (Wildman–Crippen MR) is 131 cm³/mol. The monoisotopic (exact) mass is 419 g/mol. The summed E-state index contributed by atoms with van der Waals surface area (Å²) in [6, 6.07) is 14.8. The van der Waals surface area contributed by atoms with Crippen molar-refractivity contribution in [1.82, 2.24) is 9.88 Å². The molecule has 0 bridgehead atoms. The molecule has 5 nitrogen and oxygen atoms in total. The van der Waals surface area contributed by atoms with E-state index in [2.05, 4.69) is 36.0 Å². The number of nitrogens with one attached hydrogen (secondary N) is 1. The number of fused-ring (bicyclic) bond motifs is 1. The number of benzene rings is 2. The number of aromatic hydroxyl groups is 2. The number of anilines is 1. The number of nitrogens with zero attached hydrogens (tertiary/aromatic N) is 2. The van der Waals surface area contributed by atoms with Crippen LogP contribution in [-0.2, 0) is 0 Å². The van der Waals surface area contributed by atoms with Crippen LogP contribution >= 0.6 is 0 Å². The Morgan fingerprint density at radius 3 is 2.55 bits per heavy atom. The second kappa shape index (κ2) is 10.8. The Bertz CT molecular complexity index is 1030. The lowest BCUT2D eigenvalue weighted by molar-refractivity contribution is 0.295. The number of phenols is 2. The molecule has 0 radical (unpaired) electrons. The Morgan fingerprint density at radius 1 is 1.03 bits per heavy atom. The summed E-state index contributed by atoms with van der Waals surface area (Å²) in [5.41, 5.74) is 3.23. The third-order valence-electron chi connectivity index (χ3n) is 5.59. The van der Waals surface area contributed by atoms with E-state index in [9.17, 15) is 10.2 Å².